The highest BCUT2D eigenvalue weighted by Gasteiger charge is 2.27. The number of rotatable bonds is 13. The van der Waals surface area contributed by atoms with E-state index in [4.69, 9.17) is 10.2 Å². The summed E-state index contributed by atoms with van der Waals surface area (Å²) in [5.74, 6) is -1.85. The third kappa shape index (κ3) is 10.0. The molecule has 0 saturated carbocycles. The van der Waals surface area contributed by atoms with Crippen LogP contribution in [0.4, 0.5) is 0 Å². The van der Waals surface area contributed by atoms with Crippen molar-refractivity contribution in [3.8, 4) is 0 Å². The second-order valence-electron chi connectivity index (χ2n) is 5.32. The first-order valence-corrected chi connectivity index (χ1v) is 7.50. The third-order valence-corrected chi connectivity index (χ3v) is 3.56. The van der Waals surface area contributed by atoms with Crippen molar-refractivity contribution in [2.45, 2.75) is 45.4 Å². The molecule has 0 spiro atoms. The lowest BCUT2D eigenvalue weighted by molar-refractivity contribution is -0.944. The second-order valence-corrected chi connectivity index (χ2v) is 5.32. The van der Waals surface area contributed by atoms with E-state index in [1.165, 1.54) is 0 Å². The van der Waals surface area contributed by atoms with Gasteiger partial charge in [0.25, 0.3) is 0 Å². The molecule has 6 heteroatoms. The highest BCUT2D eigenvalue weighted by molar-refractivity contribution is 5.67. The minimum atomic E-state index is -0.924. The zero-order chi connectivity index (χ0) is 16.1. The summed E-state index contributed by atoms with van der Waals surface area (Å²) >= 11 is 0. The van der Waals surface area contributed by atoms with Gasteiger partial charge in [0.2, 0.25) is 0 Å². The SMILES string of the molecule is CC/C=C/CCCC[N+](CO)(CCC(=O)O)CCC(=O)O. The number of carboxylic acids is 2. The van der Waals surface area contributed by atoms with Crippen molar-refractivity contribution in [1.82, 2.24) is 0 Å². The first-order valence-electron chi connectivity index (χ1n) is 7.50. The van der Waals surface area contributed by atoms with Crippen molar-refractivity contribution in [3.05, 3.63) is 12.2 Å². The van der Waals surface area contributed by atoms with Gasteiger partial charge in [-0.05, 0) is 25.7 Å². The van der Waals surface area contributed by atoms with E-state index in [0.717, 1.165) is 25.7 Å². The second kappa shape index (κ2) is 11.3. The minimum Gasteiger partial charge on any atom is -0.481 e. The van der Waals surface area contributed by atoms with Crippen LogP contribution in [-0.4, -0.2) is 58.1 Å². The van der Waals surface area contributed by atoms with Crippen molar-refractivity contribution < 1.29 is 29.4 Å². The molecule has 0 saturated heterocycles. The van der Waals surface area contributed by atoms with E-state index in [9.17, 15) is 14.7 Å². The molecule has 0 rings (SSSR count). The van der Waals surface area contributed by atoms with Gasteiger partial charge in [-0.3, -0.25) is 9.59 Å². The summed E-state index contributed by atoms with van der Waals surface area (Å²) < 4.78 is 0.149. The summed E-state index contributed by atoms with van der Waals surface area (Å²) in [6.45, 7) is 3.00. The molecular weight excluding hydrogens is 274 g/mol. The average Bonchev–Trinajstić information content (AvgIpc) is 2.45. The maximum atomic E-state index is 10.7. The van der Waals surface area contributed by atoms with E-state index in [0.29, 0.717) is 6.54 Å². The molecule has 0 aliphatic carbocycles. The van der Waals surface area contributed by atoms with Crippen LogP contribution in [-0.2, 0) is 9.59 Å². The molecule has 3 N–H and O–H groups in total. The van der Waals surface area contributed by atoms with E-state index in [-0.39, 0.29) is 37.1 Å². The smallest absolute Gasteiger partial charge is 0.309 e. The van der Waals surface area contributed by atoms with Gasteiger partial charge in [0.05, 0.1) is 32.5 Å². The van der Waals surface area contributed by atoms with Gasteiger partial charge < -0.3 is 19.8 Å². The van der Waals surface area contributed by atoms with Crippen molar-refractivity contribution in [2.75, 3.05) is 26.4 Å². The predicted octanol–water partition coefficient (Wildman–Crippen LogP) is 1.84. The molecule has 0 aromatic carbocycles. The minimum absolute atomic E-state index is 0.0596. The normalized spacial score (nSPS) is 11.9. The number of hydrogen-bond donors (Lipinski definition) is 3. The van der Waals surface area contributed by atoms with Gasteiger partial charge in [0, 0.05) is 0 Å². The molecule has 122 valence electrons. The lowest BCUT2D eigenvalue weighted by atomic mass is 10.1. The number of unbranched alkanes of at least 4 members (excludes halogenated alkanes) is 2. The summed E-state index contributed by atoms with van der Waals surface area (Å²) in [6.07, 6.45) is 7.85. The molecule has 0 aliphatic heterocycles. The van der Waals surface area contributed by atoms with E-state index >= 15 is 0 Å². The quantitative estimate of drug-likeness (QED) is 0.209. The molecule has 0 heterocycles. The van der Waals surface area contributed by atoms with Crippen LogP contribution >= 0.6 is 0 Å². The average molecular weight is 302 g/mol. The van der Waals surface area contributed by atoms with Crippen LogP contribution in [0, 0.1) is 0 Å². The largest absolute Gasteiger partial charge is 0.481 e. The lowest BCUT2D eigenvalue weighted by Crippen LogP contribution is -2.51. The number of aliphatic carboxylic acids is 2. The lowest BCUT2D eigenvalue weighted by Gasteiger charge is -2.36. The zero-order valence-corrected chi connectivity index (χ0v) is 12.8. The Kier molecular flexibility index (Phi) is 10.5. The Morgan fingerprint density at radius 1 is 0.952 bits per heavy atom. The van der Waals surface area contributed by atoms with Crippen LogP contribution in [0.2, 0.25) is 0 Å². The van der Waals surface area contributed by atoms with E-state index in [2.05, 4.69) is 19.1 Å². The molecule has 0 fully saturated rings. The molecule has 0 aromatic heterocycles. The van der Waals surface area contributed by atoms with Crippen molar-refractivity contribution in [1.29, 1.82) is 0 Å². The number of quaternary nitrogens is 1. The zero-order valence-electron chi connectivity index (χ0n) is 12.8. The molecule has 0 bridgehead atoms. The Morgan fingerprint density at radius 3 is 1.95 bits per heavy atom. The predicted molar refractivity (Wildman–Crippen MR) is 79.7 cm³/mol. The van der Waals surface area contributed by atoms with Crippen LogP contribution < -0.4 is 0 Å². The van der Waals surface area contributed by atoms with E-state index in [1.807, 2.05) is 0 Å². The van der Waals surface area contributed by atoms with Gasteiger partial charge in [-0.25, -0.2) is 0 Å². The van der Waals surface area contributed by atoms with Crippen LogP contribution in [0.1, 0.15) is 45.4 Å². The highest BCUT2D eigenvalue weighted by Crippen LogP contribution is 2.13. The maximum Gasteiger partial charge on any atom is 0.309 e. The van der Waals surface area contributed by atoms with Crippen LogP contribution in [0.25, 0.3) is 0 Å². The Balaban J connectivity index is 4.41. The summed E-state index contributed by atoms with van der Waals surface area (Å²) in [7, 11) is 0. The van der Waals surface area contributed by atoms with Crippen LogP contribution in [0.15, 0.2) is 12.2 Å². The van der Waals surface area contributed by atoms with Gasteiger partial charge >= 0.3 is 11.9 Å². The molecule has 0 unspecified atom stereocenters. The third-order valence-electron chi connectivity index (χ3n) is 3.56. The molecule has 0 aliphatic rings. The topological polar surface area (TPSA) is 94.8 Å². The van der Waals surface area contributed by atoms with E-state index in [1.54, 1.807) is 0 Å². The fourth-order valence-electron chi connectivity index (χ4n) is 2.21. The van der Waals surface area contributed by atoms with Gasteiger partial charge in [-0.15, -0.1) is 0 Å². The Bertz CT molecular complexity index is 323. The fraction of sp³-hybridized carbons (Fsp3) is 0.733. The Hall–Kier alpha value is -1.40. The monoisotopic (exact) mass is 302 g/mol. The van der Waals surface area contributed by atoms with E-state index < -0.39 is 11.9 Å². The highest BCUT2D eigenvalue weighted by atomic mass is 16.4. The number of carboxylic acid groups (broad SMARTS) is 2. The van der Waals surface area contributed by atoms with Crippen LogP contribution in [0.3, 0.4) is 0 Å². The number of aliphatic hydroxyl groups is 1. The molecule has 0 aromatic rings. The number of allylic oxidation sites excluding steroid dienone is 2. The summed E-state index contributed by atoms with van der Waals surface area (Å²) in [6, 6.07) is 0. The number of hydrogen-bond acceptors (Lipinski definition) is 3. The first kappa shape index (κ1) is 19.6. The Labute approximate surface area is 126 Å². The number of carbonyl (C=O) groups is 2. The standard InChI is InChI=1S/C15H27NO5/c1-2-3-4-5-6-7-10-16(13-17,11-8-14(18)19)12-9-15(20)21/h3-4,17H,2,5-13H2,1H3,(H-,18,19,20,21)/p+1/b4-3+. The molecule has 0 radical (unpaired) electrons. The molecule has 0 amide bonds. The Morgan fingerprint density at radius 2 is 1.52 bits per heavy atom. The molecule has 0 atom stereocenters. The van der Waals surface area contributed by atoms with Gasteiger partial charge in [-0.1, -0.05) is 19.1 Å². The molecule has 6 nitrogen and oxygen atoms in total. The van der Waals surface area contributed by atoms with Gasteiger partial charge in [-0.2, -0.15) is 0 Å². The first-order chi connectivity index (χ1) is 9.95. The number of aliphatic hydroxyl groups excluding tert-OH is 1. The van der Waals surface area contributed by atoms with Gasteiger partial charge in [0.15, 0.2) is 6.73 Å². The van der Waals surface area contributed by atoms with Crippen molar-refractivity contribution in [2.24, 2.45) is 0 Å². The van der Waals surface area contributed by atoms with Crippen molar-refractivity contribution in [3.63, 3.8) is 0 Å². The maximum absolute atomic E-state index is 10.7. The summed E-state index contributed by atoms with van der Waals surface area (Å²) in [4.78, 5) is 21.5. The van der Waals surface area contributed by atoms with Gasteiger partial charge in [0.1, 0.15) is 0 Å². The number of nitrogens with zero attached hydrogens (tertiary/aromatic N) is 1. The molecular formula is C15H28NO5+. The molecule has 21 heavy (non-hydrogen) atoms. The fourth-order valence-corrected chi connectivity index (χ4v) is 2.21. The van der Waals surface area contributed by atoms with Crippen LogP contribution in [0.5, 0.6) is 0 Å². The summed E-state index contributed by atoms with van der Waals surface area (Å²) in [5, 5.41) is 27.2. The summed E-state index contributed by atoms with van der Waals surface area (Å²) in [5.41, 5.74) is 0. The van der Waals surface area contributed by atoms with Crippen molar-refractivity contribution >= 4 is 11.9 Å².